The molecule has 0 radical (unpaired) electrons. The number of nitrogens with zero attached hydrogens (tertiary/aromatic N) is 3. The van der Waals surface area contributed by atoms with E-state index in [1.807, 2.05) is 19.9 Å². The van der Waals surface area contributed by atoms with Crippen LogP contribution in [0.4, 0.5) is 5.82 Å². The molecule has 1 saturated heterocycles. The van der Waals surface area contributed by atoms with E-state index in [1.54, 1.807) is 0 Å². The number of hydrogen-bond acceptors (Lipinski definition) is 4. The number of morpholine rings is 1. The first-order valence-corrected chi connectivity index (χ1v) is 6.40. The molecule has 1 aliphatic rings. The zero-order valence-electron chi connectivity index (χ0n) is 10.5. The average molecular weight is 256 g/mol. The summed E-state index contributed by atoms with van der Waals surface area (Å²) >= 11 is 5.88. The molecule has 4 nitrogen and oxygen atoms in total. The van der Waals surface area contributed by atoms with Crippen molar-refractivity contribution in [3.63, 3.8) is 0 Å². The van der Waals surface area contributed by atoms with Crippen LogP contribution >= 0.6 is 11.6 Å². The van der Waals surface area contributed by atoms with Crippen molar-refractivity contribution in [2.45, 2.75) is 33.0 Å². The smallest absolute Gasteiger partial charge is 0.132 e. The van der Waals surface area contributed by atoms with Gasteiger partial charge in [-0.2, -0.15) is 0 Å². The second kappa shape index (κ2) is 5.19. The summed E-state index contributed by atoms with van der Waals surface area (Å²) in [5.74, 6) is 2.30. The van der Waals surface area contributed by atoms with E-state index >= 15 is 0 Å². The van der Waals surface area contributed by atoms with E-state index in [9.17, 15) is 0 Å². The third-order valence-electron chi connectivity index (χ3n) is 2.77. The fourth-order valence-electron chi connectivity index (χ4n) is 2.18. The number of anilines is 1. The zero-order chi connectivity index (χ0) is 12.4. The van der Waals surface area contributed by atoms with Crippen molar-refractivity contribution >= 4 is 17.4 Å². The first-order chi connectivity index (χ1) is 8.08. The molecule has 0 aromatic carbocycles. The van der Waals surface area contributed by atoms with Gasteiger partial charge in [0.1, 0.15) is 11.6 Å². The number of alkyl halides is 1. The maximum absolute atomic E-state index is 5.88. The number of aryl methyl sites for hydroxylation is 2. The second-order valence-corrected chi connectivity index (χ2v) is 4.85. The third-order valence-corrected chi connectivity index (χ3v) is 3.12. The van der Waals surface area contributed by atoms with Crippen molar-refractivity contribution < 1.29 is 4.74 Å². The number of ether oxygens (including phenoxy) is 1. The first-order valence-electron chi connectivity index (χ1n) is 5.87. The summed E-state index contributed by atoms with van der Waals surface area (Å²) in [6.07, 6.45) is 0.263. The lowest BCUT2D eigenvalue weighted by Crippen LogP contribution is -2.47. The maximum Gasteiger partial charge on any atom is 0.132 e. The predicted octanol–water partition coefficient (Wildman–Crippen LogP) is 1.93. The summed E-state index contributed by atoms with van der Waals surface area (Å²) in [6, 6.07) is 2.01. The van der Waals surface area contributed by atoms with Crippen LogP contribution in [0.25, 0.3) is 0 Å². The molecule has 5 heteroatoms. The molecule has 0 amide bonds. The van der Waals surface area contributed by atoms with Crippen LogP contribution in [0.15, 0.2) is 6.07 Å². The van der Waals surface area contributed by atoms with Crippen molar-refractivity contribution in [2.24, 2.45) is 0 Å². The van der Waals surface area contributed by atoms with Gasteiger partial charge >= 0.3 is 0 Å². The quantitative estimate of drug-likeness (QED) is 0.757. The Kier molecular flexibility index (Phi) is 3.84. The predicted molar refractivity (Wildman–Crippen MR) is 68.8 cm³/mol. The van der Waals surface area contributed by atoms with Gasteiger partial charge in [-0.15, -0.1) is 11.6 Å². The first kappa shape index (κ1) is 12.6. The minimum atomic E-state index is 0.0796. The van der Waals surface area contributed by atoms with Gasteiger partial charge in [0.2, 0.25) is 0 Å². The van der Waals surface area contributed by atoms with E-state index in [0.717, 1.165) is 30.4 Å². The number of rotatable bonds is 2. The molecule has 0 aliphatic carbocycles. The molecule has 0 N–H and O–H groups in total. The van der Waals surface area contributed by atoms with Crippen LogP contribution in [0, 0.1) is 13.8 Å². The zero-order valence-corrected chi connectivity index (χ0v) is 11.2. The molecule has 0 saturated carbocycles. The minimum absolute atomic E-state index is 0.0796. The van der Waals surface area contributed by atoms with Crippen LogP contribution in [-0.2, 0) is 4.74 Å². The van der Waals surface area contributed by atoms with Gasteiger partial charge in [0.15, 0.2) is 0 Å². The lowest BCUT2D eigenvalue weighted by molar-refractivity contribution is -0.00359. The van der Waals surface area contributed by atoms with Gasteiger partial charge in [0, 0.05) is 24.8 Å². The molecule has 0 bridgehead atoms. The van der Waals surface area contributed by atoms with E-state index in [0.29, 0.717) is 5.88 Å². The highest BCUT2D eigenvalue weighted by Crippen LogP contribution is 2.19. The molecule has 1 aromatic rings. The lowest BCUT2D eigenvalue weighted by Gasteiger charge is -2.36. The topological polar surface area (TPSA) is 38.2 Å². The standard InChI is InChI=1S/C12H18ClN3O/c1-8-4-12(15-10(3)14-8)16-6-9(2)17-11(5-13)7-16/h4,9,11H,5-7H2,1-3H3. The van der Waals surface area contributed by atoms with E-state index in [1.165, 1.54) is 0 Å². The molecule has 1 aliphatic heterocycles. The summed E-state index contributed by atoms with van der Waals surface area (Å²) in [7, 11) is 0. The van der Waals surface area contributed by atoms with Crippen molar-refractivity contribution in [3.8, 4) is 0 Å². The van der Waals surface area contributed by atoms with E-state index in [4.69, 9.17) is 16.3 Å². The SMILES string of the molecule is Cc1cc(N2CC(C)OC(CCl)C2)nc(C)n1. The fourth-order valence-corrected chi connectivity index (χ4v) is 2.35. The summed E-state index contributed by atoms with van der Waals surface area (Å²) in [6.45, 7) is 7.61. The van der Waals surface area contributed by atoms with Crippen molar-refractivity contribution in [1.29, 1.82) is 0 Å². The van der Waals surface area contributed by atoms with Gasteiger partial charge in [-0.25, -0.2) is 9.97 Å². The van der Waals surface area contributed by atoms with Crippen LogP contribution in [0.5, 0.6) is 0 Å². The van der Waals surface area contributed by atoms with Gasteiger partial charge in [0.05, 0.1) is 18.1 Å². The molecule has 17 heavy (non-hydrogen) atoms. The fraction of sp³-hybridized carbons (Fsp3) is 0.667. The Labute approximate surface area is 107 Å². The molecule has 2 heterocycles. The van der Waals surface area contributed by atoms with Crippen LogP contribution < -0.4 is 4.90 Å². The molecule has 1 fully saturated rings. The number of hydrogen-bond donors (Lipinski definition) is 0. The molecule has 1 aromatic heterocycles. The van der Waals surface area contributed by atoms with Gasteiger partial charge in [-0.05, 0) is 20.8 Å². The second-order valence-electron chi connectivity index (χ2n) is 4.54. The van der Waals surface area contributed by atoms with E-state index in [-0.39, 0.29) is 12.2 Å². The van der Waals surface area contributed by atoms with Crippen LogP contribution in [0.1, 0.15) is 18.4 Å². The Hall–Kier alpha value is -0.870. The van der Waals surface area contributed by atoms with Crippen molar-refractivity contribution in [2.75, 3.05) is 23.9 Å². The van der Waals surface area contributed by atoms with Gasteiger partial charge in [-0.3, -0.25) is 0 Å². The Morgan fingerprint density at radius 2 is 2.18 bits per heavy atom. The minimum Gasteiger partial charge on any atom is -0.370 e. The average Bonchev–Trinajstić information content (AvgIpc) is 2.26. The van der Waals surface area contributed by atoms with Crippen molar-refractivity contribution in [1.82, 2.24) is 9.97 Å². The van der Waals surface area contributed by atoms with Gasteiger partial charge in [0.25, 0.3) is 0 Å². The molecular weight excluding hydrogens is 238 g/mol. The summed E-state index contributed by atoms with van der Waals surface area (Å²) < 4.78 is 5.73. The molecule has 0 spiro atoms. The molecular formula is C12H18ClN3O. The van der Waals surface area contributed by atoms with Crippen LogP contribution in [-0.4, -0.2) is 41.1 Å². The van der Waals surface area contributed by atoms with Crippen LogP contribution in [0.2, 0.25) is 0 Å². The van der Waals surface area contributed by atoms with Gasteiger partial charge in [-0.1, -0.05) is 0 Å². The van der Waals surface area contributed by atoms with Crippen LogP contribution in [0.3, 0.4) is 0 Å². The molecule has 2 rings (SSSR count). The van der Waals surface area contributed by atoms with E-state index < -0.39 is 0 Å². The van der Waals surface area contributed by atoms with E-state index in [2.05, 4.69) is 21.8 Å². The largest absolute Gasteiger partial charge is 0.370 e. The number of halogens is 1. The summed E-state index contributed by atoms with van der Waals surface area (Å²) in [4.78, 5) is 11.0. The Morgan fingerprint density at radius 1 is 1.41 bits per heavy atom. The summed E-state index contributed by atoms with van der Waals surface area (Å²) in [5.41, 5.74) is 0.995. The normalized spacial score (nSPS) is 25.1. The maximum atomic E-state index is 5.88. The summed E-state index contributed by atoms with van der Waals surface area (Å²) in [5, 5.41) is 0. The molecule has 2 unspecified atom stereocenters. The Balaban J connectivity index is 2.20. The lowest BCUT2D eigenvalue weighted by atomic mass is 10.2. The third kappa shape index (κ3) is 3.07. The Bertz CT molecular complexity index is 379. The number of aromatic nitrogens is 2. The molecule has 2 atom stereocenters. The van der Waals surface area contributed by atoms with Crippen molar-refractivity contribution in [3.05, 3.63) is 17.6 Å². The molecule has 94 valence electrons. The van der Waals surface area contributed by atoms with Gasteiger partial charge < -0.3 is 9.64 Å². The highest BCUT2D eigenvalue weighted by atomic mass is 35.5. The highest BCUT2D eigenvalue weighted by molar-refractivity contribution is 6.18. The Morgan fingerprint density at radius 3 is 2.82 bits per heavy atom. The highest BCUT2D eigenvalue weighted by Gasteiger charge is 2.25. The monoisotopic (exact) mass is 255 g/mol.